The van der Waals surface area contributed by atoms with Gasteiger partial charge in [-0.25, -0.2) is 8.42 Å². The van der Waals surface area contributed by atoms with Crippen molar-refractivity contribution < 1.29 is 27.4 Å². The van der Waals surface area contributed by atoms with E-state index in [0.717, 1.165) is 12.0 Å². The molecular weight excluding hydrogens is 420 g/mol. The quantitative estimate of drug-likeness (QED) is 0.674. The molecule has 31 heavy (non-hydrogen) atoms. The van der Waals surface area contributed by atoms with Gasteiger partial charge >= 0.3 is 0 Å². The highest BCUT2D eigenvalue weighted by Crippen LogP contribution is 2.33. The molecule has 9 heteroatoms. The minimum Gasteiger partial charge on any atom is -0.486 e. The molecule has 4 rings (SSSR count). The first kappa shape index (κ1) is 21.5. The van der Waals surface area contributed by atoms with Crippen molar-refractivity contribution in [2.75, 3.05) is 46.0 Å². The number of amides is 1. The van der Waals surface area contributed by atoms with Crippen molar-refractivity contribution in [3.63, 3.8) is 0 Å². The van der Waals surface area contributed by atoms with Gasteiger partial charge in [0.05, 0.1) is 4.90 Å². The van der Waals surface area contributed by atoms with Crippen LogP contribution in [0.5, 0.6) is 17.2 Å². The SMILES string of the molecule is CCc1ccccc1OCC(=O)N1CCN(S(=O)(=O)c2ccc3c(c2)OCCO3)CC1. The molecule has 0 bridgehead atoms. The lowest BCUT2D eigenvalue weighted by Gasteiger charge is -2.34. The van der Waals surface area contributed by atoms with Crippen molar-refractivity contribution in [2.24, 2.45) is 0 Å². The number of rotatable bonds is 6. The molecule has 1 saturated heterocycles. The number of nitrogens with zero attached hydrogens (tertiary/aromatic N) is 2. The van der Waals surface area contributed by atoms with Gasteiger partial charge in [0, 0.05) is 32.2 Å². The predicted octanol–water partition coefficient (Wildman–Crippen LogP) is 1.93. The molecule has 166 valence electrons. The van der Waals surface area contributed by atoms with Gasteiger partial charge in [-0.1, -0.05) is 25.1 Å². The van der Waals surface area contributed by atoms with Gasteiger partial charge in [0.15, 0.2) is 18.1 Å². The Bertz CT molecular complexity index is 1050. The average Bonchev–Trinajstić information content (AvgIpc) is 2.82. The number of piperazine rings is 1. The first-order valence-corrected chi connectivity index (χ1v) is 11.8. The molecule has 1 amide bonds. The Hall–Kier alpha value is -2.78. The van der Waals surface area contributed by atoms with E-state index in [2.05, 4.69) is 0 Å². The lowest BCUT2D eigenvalue weighted by molar-refractivity contribution is -0.134. The molecule has 0 saturated carbocycles. The van der Waals surface area contributed by atoms with E-state index >= 15 is 0 Å². The van der Waals surface area contributed by atoms with Gasteiger partial charge in [0.1, 0.15) is 19.0 Å². The van der Waals surface area contributed by atoms with Crippen LogP contribution in [0.2, 0.25) is 0 Å². The standard InChI is InChI=1S/C22H26N2O6S/c1-2-17-5-3-4-6-19(17)30-16-22(25)23-9-11-24(12-10-23)31(26,27)18-7-8-20-21(15-18)29-14-13-28-20/h3-8,15H,2,9-14,16H2,1H3. The second-order valence-electron chi connectivity index (χ2n) is 7.34. The van der Waals surface area contributed by atoms with Crippen LogP contribution in [-0.4, -0.2) is 69.5 Å². The fourth-order valence-corrected chi connectivity index (χ4v) is 5.12. The van der Waals surface area contributed by atoms with Gasteiger partial charge in [-0.15, -0.1) is 0 Å². The molecule has 2 aromatic rings. The summed E-state index contributed by atoms with van der Waals surface area (Å²) in [5, 5.41) is 0. The summed E-state index contributed by atoms with van der Waals surface area (Å²) in [6.07, 6.45) is 0.820. The summed E-state index contributed by atoms with van der Waals surface area (Å²) in [6.45, 7) is 3.91. The van der Waals surface area contributed by atoms with Gasteiger partial charge in [-0.3, -0.25) is 4.79 Å². The van der Waals surface area contributed by atoms with E-state index in [0.29, 0.717) is 43.6 Å². The van der Waals surface area contributed by atoms with Gasteiger partial charge in [0.25, 0.3) is 5.91 Å². The highest BCUT2D eigenvalue weighted by Gasteiger charge is 2.31. The van der Waals surface area contributed by atoms with Crippen molar-refractivity contribution >= 4 is 15.9 Å². The number of hydrogen-bond donors (Lipinski definition) is 0. The van der Waals surface area contributed by atoms with Crippen molar-refractivity contribution in [2.45, 2.75) is 18.2 Å². The van der Waals surface area contributed by atoms with Crippen LogP contribution in [0.4, 0.5) is 0 Å². The maximum absolute atomic E-state index is 13.0. The molecule has 8 nitrogen and oxygen atoms in total. The number of aryl methyl sites for hydroxylation is 1. The lowest BCUT2D eigenvalue weighted by Crippen LogP contribution is -2.51. The number of para-hydroxylation sites is 1. The van der Waals surface area contributed by atoms with Crippen molar-refractivity contribution in [1.29, 1.82) is 0 Å². The molecule has 0 N–H and O–H groups in total. The first-order chi connectivity index (χ1) is 15.0. The summed E-state index contributed by atoms with van der Waals surface area (Å²) < 4.78 is 44.1. The molecular formula is C22H26N2O6S. The molecule has 0 unspecified atom stereocenters. The molecule has 2 aliphatic heterocycles. The number of carbonyl (C=O) groups excluding carboxylic acids is 1. The molecule has 0 aliphatic carbocycles. The normalized spacial score (nSPS) is 16.7. The number of benzene rings is 2. The highest BCUT2D eigenvalue weighted by atomic mass is 32.2. The Balaban J connectivity index is 1.35. The summed E-state index contributed by atoms with van der Waals surface area (Å²) >= 11 is 0. The van der Waals surface area contributed by atoms with Crippen LogP contribution in [0.3, 0.4) is 0 Å². The zero-order valence-corrected chi connectivity index (χ0v) is 18.3. The van der Waals surface area contributed by atoms with Crippen LogP contribution in [0.15, 0.2) is 47.4 Å². The smallest absolute Gasteiger partial charge is 0.260 e. The van der Waals surface area contributed by atoms with Crippen LogP contribution in [0, 0.1) is 0 Å². The van der Waals surface area contributed by atoms with Crippen molar-refractivity contribution in [3.05, 3.63) is 48.0 Å². The number of fused-ring (bicyclic) bond motifs is 1. The molecule has 0 atom stereocenters. The fraction of sp³-hybridized carbons (Fsp3) is 0.409. The summed E-state index contributed by atoms with van der Waals surface area (Å²) in [5.74, 6) is 1.54. The highest BCUT2D eigenvalue weighted by molar-refractivity contribution is 7.89. The van der Waals surface area contributed by atoms with E-state index in [1.165, 1.54) is 16.4 Å². The Kier molecular flexibility index (Phi) is 6.33. The zero-order chi connectivity index (χ0) is 21.8. The summed E-state index contributed by atoms with van der Waals surface area (Å²) in [5.41, 5.74) is 1.05. The summed E-state index contributed by atoms with van der Waals surface area (Å²) in [7, 11) is -3.68. The Morgan fingerprint density at radius 2 is 1.71 bits per heavy atom. The van der Waals surface area contributed by atoms with Gasteiger partial charge in [-0.2, -0.15) is 4.31 Å². The van der Waals surface area contributed by atoms with Crippen LogP contribution in [0.1, 0.15) is 12.5 Å². The van der Waals surface area contributed by atoms with Crippen LogP contribution in [-0.2, 0) is 21.2 Å². The maximum Gasteiger partial charge on any atom is 0.260 e. The fourth-order valence-electron chi connectivity index (χ4n) is 3.68. The molecule has 2 heterocycles. The number of carbonyl (C=O) groups is 1. The second-order valence-corrected chi connectivity index (χ2v) is 9.28. The van der Waals surface area contributed by atoms with Gasteiger partial charge in [-0.05, 0) is 30.2 Å². The predicted molar refractivity (Wildman–Crippen MR) is 114 cm³/mol. The molecule has 0 spiro atoms. The average molecular weight is 447 g/mol. The van der Waals surface area contributed by atoms with E-state index in [-0.39, 0.29) is 30.5 Å². The topological polar surface area (TPSA) is 85.4 Å². The molecule has 1 fully saturated rings. The number of ether oxygens (including phenoxy) is 3. The third-order valence-electron chi connectivity index (χ3n) is 5.45. The summed E-state index contributed by atoms with van der Waals surface area (Å²) in [6, 6.07) is 12.3. The van der Waals surface area contributed by atoms with E-state index in [9.17, 15) is 13.2 Å². The Morgan fingerprint density at radius 3 is 2.45 bits per heavy atom. The third-order valence-corrected chi connectivity index (χ3v) is 7.34. The van der Waals surface area contributed by atoms with E-state index in [1.807, 2.05) is 31.2 Å². The van der Waals surface area contributed by atoms with Gasteiger partial charge in [0.2, 0.25) is 10.0 Å². The minimum absolute atomic E-state index is 0.0636. The Labute approximate surface area is 182 Å². The van der Waals surface area contributed by atoms with Gasteiger partial charge < -0.3 is 19.1 Å². The van der Waals surface area contributed by atoms with Crippen molar-refractivity contribution in [3.8, 4) is 17.2 Å². The molecule has 0 aromatic heterocycles. The number of hydrogen-bond acceptors (Lipinski definition) is 6. The van der Waals surface area contributed by atoms with E-state index in [1.54, 1.807) is 11.0 Å². The summed E-state index contributed by atoms with van der Waals surface area (Å²) in [4.78, 5) is 14.4. The minimum atomic E-state index is -3.68. The van der Waals surface area contributed by atoms with E-state index < -0.39 is 10.0 Å². The first-order valence-electron chi connectivity index (χ1n) is 10.4. The van der Waals surface area contributed by atoms with E-state index in [4.69, 9.17) is 14.2 Å². The molecule has 0 radical (unpaired) electrons. The molecule has 2 aliphatic rings. The van der Waals surface area contributed by atoms with Crippen LogP contribution in [0.25, 0.3) is 0 Å². The number of sulfonamides is 1. The van der Waals surface area contributed by atoms with Crippen LogP contribution < -0.4 is 14.2 Å². The largest absolute Gasteiger partial charge is 0.486 e. The zero-order valence-electron chi connectivity index (χ0n) is 17.5. The molecule has 2 aromatic carbocycles. The van der Waals surface area contributed by atoms with Crippen molar-refractivity contribution in [1.82, 2.24) is 9.21 Å². The maximum atomic E-state index is 13.0. The lowest BCUT2D eigenvalue weighted by atomic mass is 10.1. The Morgan fingerprint density at radius 1 is 1.00 bits per heavy atom. The monoisotopic (exact) mass is 446 g/mol. The van der Waals surface area contributed by atoms with Crippen LogP contribution >= 0.6 is 0 Å². The second kappa shape index (κ2) is 9.15. The third kappa shape index (κ3) is 4.62.